The number of rotatable bonds is 12. The summed E-state index contributed by atoms with van der Waals surface area (Å²) in [5.74, 6) is 0.628. The third-order valence-electron chi connectivity index (χ3n) is 20.1. The zero-order valence-electron chi connectivity index (χ0n) is 61.2. The van der Waals surface area contributed by atoms with Crippen molar-refractivity contribution in [3.63, 3.8) is 0 Å². The molecule has 558 valence electrons. The van der Waals surface area contributed by atoms with Crippen molar-refractivity contribution in [2.24, 2.45) is 5.73 Å². The summed E-state index contributed by atoms with van der Waals surface area (Å²) in [7, 11) is 1.61. The van der Waals surface area contributed by atoms with Gasteiger partial charge in [-0.15, -0.1) is 5.10 Å². The van der Waals surface area contributed by atoms with E-state index in [0.29, 0.717) is 46.2 Å². The number of carbonyl (C=O) groups excluding carboxylic acids is 2. The van der Waals surface area contributed by atoms with Crippen LogP contribution in [0.2, 0.25) is 0 Å². The monoisotopic (exact) mass is 1440 g/mol. The molecule has 7 aromatic heterocycles. The van der Waals surface area contributed by atoms with Crippen molar-refractivity contribution in [2.45, 2.75) is 137 Å². The van der Waals surface area contributed by atoms with Crippen molar-refractivity contribution >= 4 is 62.0 Å². The van der Waals surface area contributed by atoms with E-state index in [0.717, 1.165) is 201 Å². The Hall–Kier alpha value is -9.81. The van der Waals surface area contributed by atoms with Gasteiger partial charge in [0.1, 0.15) is 12.3 Å². The normalized spacial score (nSPS) is 17.8. The van der Waals surface area contributed by atoms with Gasteiger partial charge in [-0.1, -0.05) is 19.4 Å². The second-order valence-corrected chi connectivity index (χ2v) is 28.1. The number of ether oxygens (including phenoxy) is 1. The van der Waals surface area contributed by atoms with Crippen LogP contribution in [0.25, 0.3) is 39.0 Å². The van der Waals surface area contributed by atoms with Gasteiger partial charge in [0.15, 0.2) is 5.82 Å². The Morgan fingerprint density at radius 3 is 1.54 bits per heavy atom. The standard InChI is InChI=1S/C24H28N6O.C23H25N7O.C14H20N4O.C9H11N3O.C4H10O.C2H3F3O/c1-15-14-30-23(16(2)25-15)13-22(27-30)21-11-17-3-4-19(12-20(17)24(31)26-21)29-9-7-28(8-10-29)18-5-6-18;1-14-13-30-21(15(2)24-14)12-20(27-30)22-25-19-6-5-17(11-18(19)23(31)26-22)29-9-7-28(8-10-29)16-3-4-16;15-13-4-3-11(9-12(13)14(16)19)18-7-5-17(6-8-18)10-1-2-10;1-6-5-12-8(7(2)10-6)4-9(11-12)13-3;1-2-3-4-5;3-2(4,5)1-6/h3-4,12-14,18,21H,5-11H2,1-2H3,(H,26,31);5-6,11-13,16H,3-4,7-10H2,1-2H3,(H,25,26,31);3-4,9-10H,1-2,5-8,15H2,(H2,16,19);4-5H,1-3H3;5H,2-4H2,1H3;6H,1H2. The average molecular weight is 1440 g/mol. The highest BCUT2D eigenvalue weighted by Crippen LogP contribution is 2.35. The fourth-order valence-corrected chi connectivity index (χ4v) is 14.0. The smallest absolute Gasteiger partial charge is 0.411 e. The molecule has 0 radical (unpaired) electrons. The largest absolute Gasteiger partial charge is 0.480 e. The van der Waals surface area contributed by atoms with E-state index in [4.69, 9.17) is 36.5 Å². The molecule has 0 bridgehead atoms. The van der Waals surface area contributed by atoms with Crippen LogP contribution in [0.1, 0.15) is 130 Å². The zero-order valence-corrected chi connectivity index (χ0v) is 61.2. The van der Waals surface area contributed by atoms with Crippen molar-refractivity contribution in [3.05, 3.63) is 158 Å². The second-order valence-electron chi connectivity index (χ2n) is 28.1. The number of fused-ring (bicyclic) bond motifs is 5. The number of nitrogens with one attached hydrogen (secondary N) is 2. The number of nitrogens with zero attached hydrogens (tertiary/aromatic N) is 16. The number of nitrogen functional groups attached to an aromatic ring is 1. The van der Waals surface area contributed by atoms with Gasteiger partial charge in [-0.2, -0.15) is 23.4 Å². The predicted octanol–water partition coefficient (Wildman–Crippen LogP) is 8.52. The topological polar surface area (TPSA) is 304 Å². The van der Waals surface area contributed by atoms with Crippen LogP contribution in [0.5, 0.6) is 5.88 Å². The zero-order chi connectivity index (χ0) is 74.4. The molecule has 11 heterocycles. The highest BCUT2D eigenvalue weighted by Gasteiger charge is 2.35. The molecule has 26 nitrogen and oxygen atoms in total. The number of anilines is 4. The highest BCUT2D eigenvalue weighted by atomic mass is 19.4. The number of aryl methyl sites for hydroxylation is 6. The van der Waals surface area contributed by atoms with Crippen molar-refractivity contribution in [2.75, 3.05) is 119 Å². The lowest BCUT2D eigenvalue weighted by molar-refractivity contribution is -0.159. The Morgan fingerprint density at radius 1 is 0.600 bits per heavy atom. The molecule has 0 spiro atoms. The molecule has 8 N–H and O–H groups in total. The molecule has 2 amide bonds. The molecule has 7 aliphatic rings. The number of H-pyrrole nitrogens is 1. The van der Waals surface area contributed by atoms with E-state index in [1.54, 1.807) is 22.2 Å². The number of hydrogen-bond donors (Lipinski definition) is 6. The number of aliphatic hydroxyl groups is 2. The number of alkyl halides is 3. The molecule has 3 aliphatic carbocycles. The van der Waals surface area contributed by atoms with Gasteiger partial charge >= 0.3 is 6.18 Å². The number of aromatic nitrogens is 11. The van der Waals surface area contributed by atoms with E-state index >= 15 is 0 Å². The second kappa shape index (κ2) is 32.7. The summed E-state index contributed by atoms with van der Waals surface area (Å²) >= 11 is 0. The molecular weight excluding hydrogens is 1350 g/mol. The van der Waals surface area contributed by atoms with E-state index in [1.165, 1.54) is 38.5 Å². The molecule has 105 heavy (non-hydrogen) atoms. The van der Waals surface area contributed by atoms with E-state index in [-0.39, 0.29) is 17.5 Å². The van der Waals surface area contributed by atoms with Gasteiger partial charge in [0.05, 0.1) is 105 Å². The molecular formula is C76H97F3N20O6. The van der Waals surface area contributed by atoms with E-state index in [9.17, 15) is 27.6 Å². The molecule has 3 aromatic carbocycles. The van der Waals surface area contributed by atoms with Crippen LogP contribution < -0.4 is 41.8 Å². The molecule has 1 unspecified atom stereocenters. The fraction of sp³-hybridized carbons (Fsp3) is 0.474. The van der Waals surface area contributed by atoms with Crippen molar-refractivity contribution in [1.29, 1.82) is 0 Å². The van der Waals surface area contributed by atoms with E-state index < -0.39 is 18.7 Å². The Bertz CT molecular complexity index is 4770. The molecule has 6 fully saturated rings. The van der Waals surface area contributed by atoms with Crippen LogP contribution >= 0.6 is 0 Å². The first-order valence-corrected chi connectivity index (χ1v) is 36.4. The van der Waals surface area contributed by atoms with E-state index in [2.05, 4.69) is 96.0 Å². The Labute approximate surface area is 608 Å². The molecule has 10 aromatic rings. The van der Waals surface area contributed by atoms with Crippen molar-refractivity contribution in [3.8, 4) is 17.4 Å². The number of amides is 2. The highest BCUT2D eigenvalue weighted by molar-refractivity contribution is 5.99. The molecule has 29 heteroatoms. The maximum absolute atomic E-state index is 13.0. The van der Waals surface area contributed by atoms with Gasteiger partial charge in [-0.05, 0) is 159 Å². The fourth-order valence-electron chi connectivity index (χ4n) is 14.0. The van der Waals surface area contributed by atoms with Gasteiger partial charge in [-0.3, -0.25) is 44.0 Å². The van der Waals surface area contributed by atoms with Gasteiger partial charge in [0.25, 0.3) is 17.4 Å². The first-order valence-electron chi connectivity index (χ1n) is 36.4. The molecule has 17 rings (SSSR count). The van der Waals surface area contributed by atoms with Crippen LogP contribution in [-0.2, 0) is 6.42 Å². The quantitative estimate of drug-likeness (QED) is 0.0624. The van der Waals surface area contributed by atoms with E-state index in [1.807, 2.05) is 107 Å². The lowest BCUT2D eigenvalue weighted by atomic mass is 9.93. The third-order valence-corrected chi connectivity index (χ3v) is 20.1. The number of methoxy groups -OCH3 is 1. The van der Waals surface area contributed by atoms with Crippen molar-refractivity contribution < 1.29 is 37.7 Å². The lowest BCUT2D eigenvalue weighted by Gasteiger charge is -2.36. The Balaban J connectivity index is 0.000000130. The maximum Gasteiger partial charge on any atom is 0.411 e. The first kappa shape index (κ1) is 74.9. The number of aromatic amines is 1. The van der Waals surface area contributed by atoms with Gasteiger partial charge in [0, 0.05) is 138 Å². The SMILES string of the molecule is CCCCO.COc1cc2c(C)nc(C)cn2n1.Cc1cn2nc(-c3nc4ccc(N5CCN(C6CC6)CC5)cc4c(=O)[nH]3)cc2c(C)n1.Cc1cn2nc(C3Cc4ccc(N5CCN(C6CC6)CC5)cc4C(=O)N3)cc2c(C)n1.NC(=O)c1cc(N2CCN(C3CC3)CC2)ccc1N.OCC(F)(F)F. The van der Waals surface area contributed by atoms with Gasteiger partial charge in [0.2, 0.25) is 5.88 Å². The van der Waals surface area contributed by atoms with Crippen molar-refractivity contribution in [1.82, 2.24) is 73.8 Å². The summed E-state index contributed by atoms with van der Waals surface area (Å²) in [6.07, 6.45) is 12.2. The maximum atomic E-state index is 13.0. The summed E-state index contributed by atoms with van der Waals surface area (Å²) in [5, 5.41) is 32.7. The van der Waals surface area contributed by atoms with Crippen LogP contribution in [-0.4, -0.2) is 214 Å². The molecule has 3 saturated heterocycles. The number of benzene rings is 3. The molecule has 1 atom stereocenters. The summed E-state index contributed by atoms with van der Waals surface area (Å²) in [6.45, 7) is 25.1. The van der Waals surface area contributed by atoms with Crippen LogP contribution in [0, 0.1) is 41.5 Å². The lowest BCUT2D eigenvalue weighted by Crippen LogP contribution is -2.47. The minimum atomic E-state index is -4.40. The number of nitrogens with two attached hydrogens (primary N) is 2. The number of piperazine rings is 3. The number of carbonyl (C=O) groups is 2. The predicted molar refractivity (Wildman–Crippen MR) is 401 cm³/mol. The summed E-state index contributed by atoms with van der Waals surface area (Å²) in [5.41, 5.74) is 27.7. The number of hydrogen-bond acceptors (Lipinski definition) is 20. The van der Waals surface area contributed by atoms with Crippen LogP contribution in [0.15, 0.2) is 96.2 Å². The van der Waals surface area contributed by atoms with Gasteiger partial charge in [-0.25, -0.2) is 18.5 Å². The van der Waals surface area contributed by atoms with Gasteiger partial charge < -0.3 is 51.4 Å². The summed E-state index contributed by atoms with van der Waals surface area (Å²) in [6, 6.07) is 26.1. The minimum Gasteiger partial charge on any atom is -0.480 e. The summed E-state index contributed by atoms with van der Waals surface area (Å²) < 4.78 is 42.1. The number of primary amides is 1. The average Bonchev–Trinajstić information content (AvgIpc) is 1.24. The Morgan fingerprint density at radius 2 is 1.07 bits per heavy atom. The first-order chi connectivity index (χ1) is 50.4. The van der Waals surface area contributed by atoms with Crippen LogP contribution in [0.4, 0.5) is 35.9 Å². The number of halogens is 3. The molecule has 4 aliphatic heterocycles. The Kier molecular flexibility index (Phi) is 23.3. The van der Waals surface area contributed by atoms with Crippen LogP contribution in [0.3, 0.4) is 0 Å². The number of aliphatic hydroxyl groups excluding tert-OH is 2. The minimum absolute atomic E-state index is 0.00667. The summed E-state index contributed by atoms with van der Waals surface area (Å²) in [4.78, 5) is 73.1. The third kappa shape index (κ3) is 18.6. The number of unbranched alkanes of at least 4 members (excludes halogenated alkanes) is 1. The molecule has 3 saturated carbocycles.